The third-order valence-electron chi connectivity index (χ3n) is 4.82. The largest absolute Gasteiger partial charge is 0.456 e. The van der Waals surface area contributed by atoms with Crippen molar-refractivity contribution in [1.82, 2.24) is 10.2 Å². The topological polar surface area (TPSA) is 41.6 Å². The Bertz CT molecular complexity index is 759. The third kappa shape index (κ3) is 3.84. The molecule has 2 saturated heterocycles. The summed E-state index contributed by atoms with van der Waals surface area (Å²) in [5.74, 6) is 2.57. The van der Waals surface area contributed by atoms with Crippen molar-refractivity contribution in [2.75, 3.05) is 26.2 Å². The summed E-state index contributed by atoms with van der Waals surface area (Å²) >= 11 is 3.44. The molecule has 2 atom stereocenters. The van der Waals surface area contributed by atoms with Crippen LogP contribution in [0.25, 0.3) is 0 Å². The van der Waals surface area contributed by atoms with Gasteiger partial charge in [0.05, 0.1) is 5.56 Å². The number of carbonyl (C=O) groups is 1. The summed E-state index contributed by atoms with van der Waals surface area (Å²) in [5, 5.41) is 3.41. The molecule has 6 heteroatoms. The second kappa shape index (κ2) is 7.77. The van der Waals surface area contributed by atoms with Crippen molar-refractivity contribution >= 4 is 34.2 Å². The van der Waals surface area contributed by atoms with E-state index in [-0.39, 0.29) is 18.3 Å². The van der Waals surface area contributed by atoms with Crippen molar-refractivity contribution in [3.8, 4) is 11.5 Å². The Kier molecular flexibility index (Phi) is 5.67. The number of nitrogens with zero attached hydrogens (tertiary/aromatic N) is 1. The zero-order valence-electron chi connectivity index (χ0n) is 13.7. The third-order valence-corrected chi connectivity index (χ3v) is 5.31. The number of carbonyl (C=O) groups excluding carboxylic acids is 1. The molecule has 0 aromatic heterocycles. The van der Waals surface area contributed by atoms with E-state index < -0.39 is 0 Å². The van der Waals surface area contributed by atoms with Crippen LogP contribution in [0.15, 0.2) is 53.0 Å². The Morgan fingerprint density at radius 3 is 2.52 bits per heavy atom. The fourth-order valence-electron chi connectivity index (χ4n) is 3.58. The lowest BCUT2D eigenvalue weighted by molar-refractivity contribution is 0.0779. The van der Waals surface area contributed by atoms with Crippen molar-refractivity contribution in [2.45, 2.75) is 0 Å². The molecule has 4 nitrogen and oxygen atoms in total. The van der Waals surface area contributed by atoms with Crippen LogP contribution in [0.2, 0.25) is 0 Å². The standard InChI is InChI=1S/C19H19BrN2O2.ClH/c20-15-4-3-5-16(8-15)24-18-7-2-1-6-17(18)19(23)22-11-13-9-21-10-14(13)12-22;/h1-8,13-14,21H,9-12H2;1H/t13-,14+;. The minimum absolute atomic E-state index is 0. The summed E-state index contributed by atoms with van der Waals surface area (Å²) in [7, 11) is 0. The van der Waals surface area contributed by atoms with E-state index in [0.717, 1.165) is 30.7 Å². The van der Waals surface area contributed by atoms with E-state index in [1.54, 1.807) is 0 Å². The fourth-order valence-corrected chi connectivity index (χ4v) is 3.96. The van der Waals surface area contributed by atoms with Crippen LogP contribution in [0.5, 0.6) is 11.5 Å². The molecule has 0 spiro atoms. The monoisotopic (exact) mass is 422 g/mol. The number of para-hydroxylation sites is 1. The van der Waals surface area contributed by atoms with Gasteiger partial charge in [-0.05, 0) is 42.2 Å². The van der Waals surface area contributed by atoms with Gasteiger partial charge in [0, 0.05) is 30.7 Å². The fraction of sp³-hybridized carbons (Fsp3) is 0.316. The molecule has 2 aromatic rings. The molecule has 2 aliphatic heterocycles. The molecule has 2 fully saturated rings. The molecule has 2 heterocycles. The van der Waals surface area contributed by atoms with Crippen molar-refractivity contribution < 1.29 is 9.53 Å². The van der Waals surface area contributed by atoms with Gasteiger partial charge in [-0.3, -0.25) is 4.79 Å². The minimum Gasteiger partial charge on any atom is -0.456 e. The van der Waals surface area contributed by atoms with Crippen LogP contribution in [-0.2, 0) is 0 Å². The second-order valence-corrected chi connectivity index (χ2v) is 7.36. The SMILES string of the molecule is Cl.O=C(c1ccccc1Oc1cccc(Br)c1)N1C[C@H]2CNC[C@H]2C1. The van der Waals surface area contributed by atoms with Gasteiger partial charge >= 0.3 is 0 Å². The van der Waals surface area contributed by atoms with Crippen LogP contribution < -0.4 is 10.1 Å². The molecule has 1 amide bonds. The van der Waals surface area contributed by atoms with Crippen LogP contribution in [-0.4, -0.2) is 37.0 Å². The minimum atomic E-state index is 0. The molecule has 2 aliphatic rings. The number of likely N-dealkylation sites (tertiary alicyclic amines) is 1. The normalized spacial score (nSPS) is 21.6. The summed E-state index contributed by atoms with van der Waals surface area (Å²) in [6.45, 7) is 3.71. The van der Waals surface area contributed by atoms with Gasteiger partial charge < -0.3 is 15.0 Å². The molecule has 25 heavy (non-hydrogen) atoms. The lowest BCUT2D eigenvalue weighted by atomic mass is 10.0. The first-order chi connectivity index (χ1) is 11.7. The summed E-state index contributed by atoms with van der Waals surface area (Å²) < 4.78 is 6.92. The maximum atomic E-state index is 13.0. The molecule has 0 bridgehead atoms. The number of hydrogen-bond acceptors (Lipinski definition) is 3. The lowest BCUT2D eigenvalue weighted by Gasteiger charge is -2.19. The number of nitrogens with one attached hydrogen (secondary N) is 1. The van der Waals surface area contributed by atoms with Crippen LogP contribution in [0, 0.1) is 11.8 Å². The van der Waals surface area contributed by atoms with E-state index in [0.29, 0.717) is 28.9 Å². The molecule has 132 valence electrons. The Balaban J connectivity index is 0.00000182. The van der Waals surface area contributed by atoms with Crippen LogP contribution in [0.4, 0.5) is 0 Å². The molecule has 1 N–H and O–H groups in total. The second-order valence-electron chi connectivity index (χ2n) is 6.44. The molecule has 2 aromatic carbocycles. The van der Waals surface area contributed by atoms with Gasteiger partial charge in [0.2, 0.25) is 0 Å². The zero-order chi connectivity index (χ0) is 16.5. The summed E-state index contributed by atoms with van der Waals surface area (Å²) in [6, 6.07) is 15.1. The van der Waals surface area contributed by atoms with Gasteiger partial charge in [0.25, 0.3) is 5.91 Å². The van der Waals surface area contributed by atoms with E-state index in [1.165, 1.54) is 0 Å². The van der Waals surface area contributed by atoms with Gasteiger partial charge in [-0.25, -0.2) is 0 Å². The highest BCUT2D eigenvalue weighted by molar-refractivity contribution is 9.10. The number of fused-ring (bicyclic) bond motifs is 1. The zero-order valence-corrected chi connectivity index (χ0v) is 16.1. The highest BCUT2D eigenvalue weighted by atomic mass is 79.9. The quantitative estimate of drug-likeness (QED) is 0.812. The maximum absolute atomic E-state index is 13.0. The van der Waals surface area contributed by atoms with Crippen molar-refractivity contribution in [2.24, 2.45) is 11.8 Å². The Hall–Kier alpha value is -1.56. The molecular weight excluding hydrogens is 404 g/mol. The Morgan fingerprint density at radius 2 is 1.80 bits per heavy atom. The highest BCUT2D eigenvalue weighted by Crippen LogP contribution is 2.31. The van der Waals surface area contributed by atoms with Crippen LogP contribution in [0.3, 0.4) is 0 Å². The first-order valence-electron chi connectivity index (χ1n) is 8.23. The summed E-state index contributed by atoms with van der Waals surface area (Å²) in [4.78, 5) is 14.9. The number of halogens is 2. The van der Waals surface area contributed by atoms with E-state index in [9.17, 15) is 4.79 Å². The number of ether oxygens (including phenoxy) is 1. The van der Waals surface area contributed by atoms with E-state index in [2.05, 4.69) is 21.2 Å². The average molecular weight is 424 g/mol. The smallest absolute Gasteiger partial charge is 0.257 e. The summed E-state index contributed by atoms with van der Waals surface area (Å²) in [6.07, 6.45) is 0. The van der Waals surface area contributed by atoms with Crippen molar-refractivity contribution in [1.29, 1.82) is 0 Å². The Labute approximate surface area is 162 Å². The predicted molar refractivity (Wildman–Crippen MR) is 104 cm³/mol. The first kappa shape index (κ1) is 18.2. The first-order valence-corrected chi connectivity index (χ1v) is 9.02. The number of benzene rings is 2. The van der Waals surface area contributed by atoms with E-state index in [1.807, 2.05) is 53.4 Å². The predicted octanol–water partition coefficient (Wildman–Crippen LogP) is 3.95. The molecule has 0 unspecified atom stereocenters. The van der Waals surface area contributed by atoms with Gasteiger partial charge in [0.1, 0.15) is 11.5 Å². The van der Waals surface area contributed by atoms with Crippen LogP contribution >= 0.6 is 28.3 Å². The highest BCUT2D eigenvalue weighted by Gasteiger charge is 2.38. The van der Waals surface area contributed by atoms with Crippen LogP contribution in [0.1, 0.15) is 10.4 Å². The summed E-state index contributed by atoms with van der Waals surface area (Å²) in [5.41, 5.74) is 0.630. The number of rotatable bonds is 3. The molecule has 0 radical (unpaired) electrons. The van der Waals surface area contributed by atoms with Crippen molar-refractivity contribution in [3.05, 3.63) is 58.6 Å². The molecule has 0 aliphatic carbocycles. The molecule has 4 rings (SSSR count). The van der Waals surface area contributed by atoms with E-state index >= 15 is 0 Å². The molecule has 0 saturated carbocycles. The number of amides is 1. The maximum Gasteiger partial charge on any atom is 0.257 e. The number of hydrogen-bond donors (Lipinski definition) is 1. The van der Waals surface area contributed by atoms with Gasteiger partial charge in [-0.1, -0.05) is 34.1 Å². The molecular formula is C19H20BrClN2O2. The van der Waals surface area contributed by atoms with E-state index in [4.69, 9.17) is 4.74 Å². The van der Waals surface area contributed by atoms with Gasteiger partial charge in [-0.2, -0.15) is 0 Å². The average Bonchev–Trinajstić information content (AvgIpc) is 3.16. The van der Waals surface area contributed by atoms with Gasteiger partial charge in [0.15, 0.2) is 0 Å². The van der Waals surface area contributed by atoms with Crippen molar-refractivity contribution in [3.63, 3.8) is 0 Å². The lowest BCUT2D eigenvalue weighted by Crippen LogP contribution is -2.32. The van der Waals surface area contributed by atoms with Gasteiger partial charge in [-0.15, -0.1) is 12.4 Å². The Morgan fingerprint density at radius 1 is 1.08 bits per heavy atom.